The largest absolute Gasteiger partial charge is 0.497 e. The molecule has 0 saturated carbocycles. The predicted octanol–water partition coefficient (Wildman–Crippen LogP) is 3.80. The summed E-state index contributed by atoms with van der Waals surface area (Å²) in [5.74, 6) is 1.08. The molecule has 1 aromatic heterocycles. The highest BCUT2D eigenvalue weighted by atomic mass is 19.1. The first-order chi connectivity index (χ1) is 10.2. The Bertz CT molecular complexity index is 565. The predicted molar refractivity (Wildman–Crippen MR) is 80.4 cm³/mol. The monoisotopic (exact) mass is 290 g/mol. The van der Waals surface area contributed by atoms with Crippen molar-refractivity contribution in [3.8, 4) is 11.5 Å². The van der Waals surface area contributed by atoms with Crippen molar-refractivity contribution in [1.82, 2.24) is 4.98 Å². The average molecular weight is 290 g/mol. The van der Waals surface area contributed by atoms with Gasteiger partial charge in [0.2, 0.25) is 0 Å². The molecule has 1 atom stereocenters. The van der Waals surface area contributed by atoms with Crippen molar-refractivity contribution in [1.29, 1.82) is 0 Å². The molecular weight excluding hydrogens is 271 g/mol. The molecule has 0 radical (unpaired) electrons. The van der Waals surface area contributed by atoms with Gasteiger partial charge in [-0.05, 0) is 18.6 Å². The van der Waals surface area contributed by atoms with E-state index in [1.165, 1.54) is 12.3 Å². The lowest BCUT2D eigenvalue weighted by Crippen LogP contribution is -2.11. The third-order valence-corrected chi connectivity index (χ3v) is 3.21. The maximum absolute atomic E-state index is 13.0. The second-order valence-corrected chi connectivity index (χ2v) is 4.61. The quantitative estimate of drug-likeness (QED) is 0.878. The van der Waals surface area contributed by atoms with Crippen LogP contribution < -0.4 is 14.8 Å². The molecule has 1 heterocycles. The van der Waals surface area contributed by atoms with Gasteiger partial charge in [0.25, 0.3) is 0 Å². The van der Waals surface area contributed by atoms with Crippen LogP contribution in [0.15, 0.2) is 36.5 Å². The molecule has 0 aliphatic heterocycles. The summed E-state index contributed by atoms with van der Waals surface area (Å²) in [7, 11) is 3.22. The van der Waals surface area contributed by atoms with Crippen molar-refractivity contribution in [2.75, 3.05) is 19.5 Å². The van der Waals surface area contributed by atoms with Gasteiger partial charge in [-0.3, -0.25) is 4.98 Å². The molecule has 1 unspecified atom stereocenters. The number of aromatic nitrogens is 1. The van der Waals surface area contributed by atoms with Gasteiger partial charge >= 0.3 is 0 Å². The first-order valence-electron chi connectivity index (χ1n) is 6.77. The minimum atomic E-state index is -0.336. The number of halogens is 1. The lowest BCUT2D eigenvalue weighted by atomic mass is 10.1. The van der Waals surface area contributed by atoms with Crippen molar-refractivity contribution in [2.45, 2.75) is 19.4 Å². The van der Waals surface area contributed by atoms with Gasteiger partial charge in [0.1, 0.15) is 17.3 Å². The van der Waals surface area contributed by atoms with Crippen LogP contribution in [-0.2, 0) is 0 Å². The summed E-state index contributed by atoms with van der Waals surface area (Å²) in [6.45, 7) is 2.04. The number of hydrogen-bond donors (Lipinski definition) is 1. The van der Waals surface area contributed by atoms with Crippen molar-refractivity contribution in [2.24, 2.45) is 0 Å². The Morgan fingerprint density at radius 2 is 1.81 bits per heavy atom. The number of benzene rings is 1. The molecule has 0 bridgehead atoms. The molecule has 1 aromatic carbocycles. The Balaban J connectivity index is 2.23. The van der Waals surface area contributed by atoms with Crippen LogP contribution in [0.25, 0.3) is 0 Å². The van der Waals surface area contributed by atoms with E-state index in [1.54, 1.807) is 20.3 Å². The third-order valence-electron chi connectivity index (χ3n) is 3.21. The summed E-state index contributed by atoms with van der Waals surface area (Å²) in [6.07, 6.45) is 2.05. The molecule has 0 saturated heterocycles. The van der Waals surface area contributed by atoms with Crippen LogP contribution in [0.5, 0.6) is 11.5 Å². The molecule has 4 nitrogen and oxygen atoms in total. The van der Waals surface area contributed by atoms with E-state index in [0.29, 0.717) is 11.5 Å². The molecule has 0 aliphatic rings. The van der Waals surface area contributed by atoms with Crippen LogP contribution in [0.4, 0.5) is 10.1 Å². The number of methoxy groups -OCH3 is 2. The molecule has 1 N–H and O–H groups in total. The van der Waals surface area contributed by atoms with Gasteiger partial charge in [0.05, 0.1) is 32.2 Å². The lowest BCUT2D eigenvalue weighted by molar-refractivity contribution is 0.394. The fourth-order valence-corrected chi connectivity index (χ4v) is 2.07. The number of nitrogens with zero attached hydrogens (tertiary/aromatic N) is 1. The lowest BCUT2D eigenvalue weighted by Gasteiger charge is -2.19. The maximum Gasteiger partial charge on any atom is 0.141 e. The highest BCUT2D eigenvalue weighted by Gasteiger charge is 2.12. The van der Waals surface area contributed by atoms with Gasteiger partial charge in [0.15, 0.2) is 0 Å². The van der Waals surface area contributed by atoms with Crippen molar-refractivity contribution in [3.63, 3.8) is 0 Å². The summed E-state index contributed by atoms with van der Waals surface area (Å²) in [6, 6.07) is 8.67. The zero-order chi connectivity index (χ0) is 15.2. The number of ether oxygens (including phenoxy) is 2. The first kappa shape index (κ1) is 15.1. The Morgan fingerprint density at radius 1 is 1.14 bits per heavy atom. The highest BCUT2D eigenvalue weighted by Crippen LogP contribution is 2.29. The third kappa shape index (κ3) is 3.84. The Labute approximate surface area is 123 Å². The minimum absolute atomic E-state index is 0.0117. The highest BCUT2D eigenvalue weighted by molar-refractivity contribution is 5.54. The molecule has 0 amide bonds. The second kappa shape index (κ2) is 6.92. The Morgan fingerprint density at radius 3 is 2.29 bits per heavy atom. The number of anilines is 1. The average Bonchev–Trinajstić information content (AvgIpc) is 2.53. The minimum Gasteiger partial charge on any atom is -0.497 e. The van der Waals surface area contributed by atoms with Crippen LogP contribution in [0, 0.1) is 5.82 Å². The fraction of sp³-hybridized carbons (Fsp3) is 0.312. The van der Waals surface area contributed by atoms with Crippen LogP contribution in [-0.4, -0.2) is 19.2 Å². The van der Waals surface area contributed by atoms with E-state index in [9.17, 15) is 4.39 Å². The van der Waals surface area contributed by atoms with Crippen LogP contribution in [0.1, 0.15) is 25.1 Å². The summed E-state index contributed by atoms with van der Waals surface area (Å²) in [5, 5.41) is 3.37. The molecule has 112 valence electrons. The van der Waals surface area contributed by atoms with Gasteiger partial charge in [-0.2, -0.15) is 0 Å². The summed E-state index contributed by atoms with van der Waals surface area (Å²) < 4.78 is 23.5. The number of pyridine rings is 1. The van der Waals surface area contributed by atoms with Gasteiger partial charge < -0.3 is 14.8 Å². The molecule has 5 heteroatoms. The van der Waals surface area contributed by atoms with Crippen LogP contribution in [0.3, 0.4) is 0 Å². The molecule has 0 fully saturated rings. The zero-order valence-corrected chi connectivity index (χ0v) is 12.4. The van der Waals surface area contributed by atoms with Gasteiger partial charge in [-0.1, -0.05) is 6.92 Å². The van der Waals surface area contributed by atoms with Crippen LogP contribution in [0.2, 0.25) is 0 Å². The standard InChI is InChI=1S/C16H19FN2O2/c1-4-15(16-6-5-11(17)10-18-16)19-12-7-13(20-2)9-14(8-12)21-3/h5-10,15,19H,4H2,1-3H3. The van der Waals surface area contributed by atoms with Crippen LogP contribution >= 0.6 is 0 Å². The summed E-state index contributed by atoms with van der Waals surface area (Å²) in [4.78, 5) is 4.13. The van der Waals surface area contributed by atoms with E-state index in [2.05, 4.69) is 10.3 Å². The molecule has 2 rings (SSSR count). The number of rotatable bonds is 6. The van der Waals surface area contributed by atoms with Gasteiger partial charge in [0, 0.05) is 23.9 Å². The Hall–Kier alpha value is -2.30. The second-order valence-electron chi connectivity index (χ2n) is 4.61. The van der Waals surface area contributed by atoms with Crippen molar-refractivity contribution < 1.29 is 13.9 Å². The molecule has 21 heavy (non-hydrogen) atoms. The van der Waals surface area contributed by atoms with E-state index in [4.69, 9.17) is 9.47 Å². The maximum atomic E-state index is 13.0. The van der Waals surface area contributed by atoms with E-state index in [0.717, 1.165) is 17.8 Å². The number of nitrogens with one attached hydrogen (secondary N) is 1. The molecule has 2 aromatic rings. The van der Waals surface area contributed by atoms with E-state index in [1.807, 2.05) is 25.1 Å². The first-order valence-corrected chi connectivity index (χ1v) is 6.77. The number of hydrogen-bond acceptors (Lipinski definition) is 4. The summed E-state index contributed by atoms with van der Waals surface area (Å²) in [5.41, 5.74) is 1.66. The zero-order valence-electron chi connectivity index (χ0n) is 12.4. The van der Waals surface area contributed by atoms with E-state index in [-0.39, 0.29) is 11.9 Å². The fourth-order valence-electron chi connectivity index (χ4n) is 2.07. The van der Waals surface area contributed by atoms with Gasteiger partial charge in [-0.15, -0.1) is 0 Å². The normalized spacial score (nSPS) is 11.8. The summed E-state index contributed by atoms with van der Waals surface area (Å²) >= 11 is 0. The van der Waals surface area contributed by atoms with Gasteiger partial charge in [-0.25, -0.2) is 4.39 Å². The van der Waals surface area contributed by atoms with E-state index < -0.39 is 0 Å². The topological polar surface area (TPSA) is 43.4 Å². The Kier molecular flexibility index (Phi) is 4.98. The SMILES string of the molecule is CCC(Nc1cc(OC)cc(OC)c1)c1ccc(F)cn1. The van der Waals surface area contributed by atoms with Crippen molar-refractivity contribution >= 4 is 5.69 Å². The molecule has 0 spiro atoms. The molecule has 0 aliphatic carbocycles. The molecular formula is C16H19FN2O2. The van der Waals surface area contributed by atoms with Crippen molar-refractivity contribution in [3.05, 3.63) is 48.0 Å². The van der Waals surface area contributed by atoms with E-state index >= 15 is 0 Å². The smallest absolute Gasteiger partial charge is 0.141 e.